The number of halogens is 1. The van der Waals surface area contributed by atoms with E-state index in [4.69, 9.17) is 20.1 Å². The number of phosphoric ester groups is 1. The minimum absolute atomic E-state index is 0. The van der Waals surface area contributed by atoms with Gasteiger partial charge in [0.05, 0.1) is 0 Å². The van der Waals surface area contributed by atoms with Crippen LogP contribution in [-0.2, 0) is 4.57 Å². The van der Waals surface area contributed by atoms with Crippen molar-refractivity contribution in [2.24, 2.45) is 0 Å². The van der Waals surface area contributed by atoms with Gasteiger partial charge in [0.2, 0.25) is 4.91 Å². The monoisotopic (exact) mass is 330 g/mol. The second-order valence-electron chi connectivity index (χ2n) is 3.39. The Bertz CT molecular complexity index is 561. The van der Waals surface area contributed by atoms with Crippen LogP contribution in [0.2, 0.25) is 0 Å². The van der Waals surface area contributed by atoms with Crippen molar-refractivity contribution in [3.63, 3.8) is 0 Å². The number of hydrogen-bond donors (Lipinski definition) is 3. The summed E-state index contributed by atoms with van der Waals surface area (Å²) in [6, 6.07) is 16.7. The second kappa shape index (κ2) is 9.69. The summed E-state index contributed by atoms with van der Waals surface area (Å²) < 4.78 is 21.5. The first-order chi connectivity index (χ1) is 9.57. The number of rotatable bonds is 4. The summed E-state index contributed by atoms with van der Waals surface area (Å²) >= 11 is 0. The number of nitrogens with zero attached hydrogens (tertiary/aromatic N) is 1. The van der Waals surface area contributed by atoms with Crippen molar-refractivity contribution >= 4 is 20.2 Å². The molecule has 0 saturated carbocycles. The zero-order valence-corrected chi connectivity index (χ0v) is 12.5. The lowest BCUT2D eigenvalue weighted by molar-refractivity contribution is 0.291. The van der Waals surface area contributed by atoms with E-state index in [1.165, 1.54) is 0 Å². The predicted molar refractivity (Wildman–Crippen MR) is 78.8 cm³/mol. The topological polar surface area (TPSA) is 118 Å². The highest BCUT2D eigenvalue weighted by Gasteiger charge is 2.24. The largest absolute Gasteiger partial charge is 0.584 e. The van der Waals surface area contributed by atoms with Crippen LogP contribution in [0.25, 0.3) is 0 Å². The van der Waals surface area contributed by atoms with Crippen LogP contribution in [-0.4, -0.2) is 4.89 Å². The maximum Gasteiger partial charge on any atom is 0.584 e. The number of phosphoric acid groups is 1. The SMILES string of the molecule is Cl.N=[N+]=N.O=P(O)(Oc1ccccc1)Oc1ccccc1. The average Bonchev–Trinajstić information content (AvgIpc) is 2.40. The van der Waals surface area contributed by atoms with Crippen molar-refractivity contribution in [1.82, 2.24) is 4.91 Å². The van der Waals surface area contributed by atoms with Crippen molar-refractivity contribution in [1.29, 1.82) is 11.1 Å². The molecule has 2 rings (SSSR count). The van der Waals surface area contributed by atoms with E-state index >= 15 is 0 Å². The van der Waals surface area contributed by atoms with Crippen LogP contribution in [0.15, 0.2) is 60.7 Å². The van der Waals surface area contributed by atoms with Gasteiger partial charge in [0.15, 0.2) is 0 Å². The van der Waals surface area contributed by atoms with Crippen LogP contribution < -0.4 is 14.0 Å². The summed E-state index contributed by atoms with van der Waals surface area (Å²) in [6.07, 6.45) is 0. The van der Waals surface area contributed by atoms with Gasteiger partial charge < -0.3 is 9.05 Å². The standard InChI is InChI=1S/C12H11O4P.ClH.H2N3/c13-17(14,15-11-7-3-1-4-8-11)16-12-9-5-2-6-10-12;;1-3-2/h1-10H,(H,13,14);1H;1-2H/q;;+1. The zero-order valence-electron chi connectivity index (χ0n) is 10.7. The van der Waals surface area contributed by atoms with Gasteiger partial charge in [0.1, 0.15) is 22.6 Å². The molecule has 0 aliphatic rings. The lowest BCUT2D eigenvalue weighted by atomic mass is 10.3. The van der Waals surface area contributed by atoms with Gasteiger partial charge in [0, 0.05) is 0 Å². The van der Waals surface area contributed by atoms with E-state index in [0.29, 0.717) is 0 Å². The van der Waals surface area contributed by atoms with Crippen LogP contribution in [0.4, 0.5) is 0 Å². The summed E-state index contributed by atoms with van der Waals surface area (Å²) in [6.45, 7) is 0. The first-order valence-electron chi connectivity index (χ1n) is 5.42. The molecule has 0 aliphatic carbocycles. The van der Waals surface area contributed by atoms with Crippen molar-refractivity contribution in [3.05, 3.63) is 60.7 Å². The number of hydrogen-bond acceptors (Lipinski definition) is 5. The molecule has 0 fully saturated rings. The predicted octanol–water partition coefficient (Wildman–Crippen LogP) is 3.78. The molecular weight excluding hydrogens is 317 g/mol. The normalized spacial score (nSPS) is 9.19. The molecule has 0 atom stereocenters. The van der Waals surface area contributed by atoms with Crippen molar-refractivity contribution in [2.75, 3.05) is 0 Å². The summed E-state index contributed by atoms with van der Waals surface area (Å²) in [5, 5.41) is 0. The molecular formula is C12H14ClN3O4P+. The highest BCUT2D eigenvalue weighted by molar-refractivity contribution is 7.48. The molecule has 3 N–H and O–H groups in total. The summed E-state index contributed by atoms with van der Waals surface area (Å²) in [5.41, 5.74) is 11.0. The van der Waals surface area contributed by atoms with E-state index in [2.05, 4.69) is 0 Å². The quantitative estimate of drug-likeness (QED) is 0.449. The second-order valence-corrected chi connectivity index (χ2v) is 4.69. The first kappa shape index (κ1) is 18.8. The highest BCUT2D eigenvalue weighted by Crippen LogP contribution is 2.43. The summed E-state index contributed by atoms with van der Waals surface area (Å²) in [4.78, 5) is 11.5. The molecule has 2 aromatic rings. The van der Waals surface area contributed by atoms with Crippen LogP contribution in [0.3, 0.4) is 0 Å². The lowest BCUT2D eigenvalue weighted by Gasteiger charge is -2.13. The molecule has 0 heterocycles. The Morgan fingerprint density at radius 2 is 1.14 bits per heavy atom. The zero-order chi connectivity index (χ0) is 14.8. The molecule has 112 valence electrons. The fraction of sp³-hybridized carbons (Fsp3) is 0. The van der Waals surface area contributed by atoms with Gasteiger partial charge in [-0.1, -0.05) is 36.4 Å². The maximum absolute atomic E-state index is 11.7. The van der Waals surface area contributed by atoms with Gasteiger partial charge >= 0.3 is 7.82 Å². The Hall–Kier alpha value is -2.17. The van der Waals surface area contributed by atoms with Gasteiger partial charge in [-0.25, -0.2) is 4.57 Å². The van der Waals surface area contributed by atoms with Crippen molar-refractivity contribution in [2.45, 2.75) is 0 Å². The Morgan fingerprint density at radius 1 is 0.857 bits per heavy atom. The van der Waals surface area contributed by atoms with E-state index < -0.39 is 7.82 Å². The van der Waals surface area contributed by atoms with Gasteiger partial charge in [-0.3, -0.25) is 4.89 Å². The maximum atomic E-state index is 11.7. The molecule has 9 heteroatoms. The number of nitrogens with one attached hydrogen (secondary N) is 2. The van der Waals surface area contributed by atoms with Gasteiger partial charge in [-0.15, -0.1) is 12.4 Å². The van der Waals surface area contributed by atoms with E-state index in [-0.39, 0.29) is 23.9 Å². The molecule has 0 saturated heterocycles. The third kappa shape index (κ3) is 7.87. The molecule has 0 aliphatic heterocycles. The van der Waals surface area contributed by atoms with E-state index in [1.54, 1.807) is 60.7 Å². The molecule has 0 unspecified atom stereocenters. The molecule has 21 heavy (non-hydrogen) atoms. The molecule has 2 aromatic carbocycles. The minimum Gasteiger partial charge on any atom is -0.395 e. The van der Waals surface area contributed by atoms with Crippen LogP contribution >= 0.6 is 20.2 Å². The van der Waals surface area contributed by atoms with Crippen LogP contribution in [0, 0.1) is 11.1 Å². The van der Waals surface area contributed by atoms with Gasteiger partial charge in [-0.2, -0.15) is 0 Å². The van der Waals surface area contributed by atoms with Crippen molar-refractivity contribution in [3.8, 4) is 11.5 Å². The Balaban J connectivity index is 0.000000922. The van der Waals surface area contributed by atoms with Crippen LogP contribution in [0.5, 0.6) is 11.5 Å². The third-order valence-electron chi connectivity index (χ3n) is 1.93. The Labute approximate surface area is 127 Å². The number of benzene rings is 2. The molecule has 0 aromatic heterocycles. The fourth-order valence-electron chi connectivity index (χ4n) is 1.25. The van der Waals surface area contributed by atoms with E-state index in [0.717, 1.165) is 0 Å². The van der Waals surface area contributed by atoms with E-state index in [9.17, 15) is 9.46 Å². The highest BCUT2D eigenvalue weighted by atomic mass is 35.5. The molecule has 0 bridgehead atoms. The van der Waals surface area contributed by atoms with Gasteiger partial charge in [-0.05, 0) is 24.3 Å². The van der Waals surface area contributed by atoms with E-state index in [1.807, 2.05) is 4.91 Å². The third-order valence-corrected chi connectivity index (χ3v) is 2.81. The summed E-state index contributed by atoms with van der Waals surface area (Å²) in [7, 11) is -4.14. The smallest absolute Gasteiger partial charge is 0.395 e. The molecule has 0 radical (unpaired) electrons. The van der Waals surface area contributed by atoms with Crippen LogP contribution in [0.1, 0.15) is 0 Å². The molecule has 0 spiro atoms. The summed E-state index contributed by atoms with van der Waals surface area (Å²) in [5.74, 6) is 0.573. The first-order valence-corrected chi connectivity index (χ1v) is 6.92. The fourth-order valence-corrected chi connectivity index (χ4v) is 2.06. The Morgan fingerprint density at radius 3 is 1.43 bits per heavy atom. The lowest BCUT2D eigenvalue weighted by Crippen LogP contribution is -1.99. The minimum atomic E-state index is -4.14. The Kier molecular flexibility index (Phi) is 8.69. The molecule has 7 nitrogen and oxygen atoms in total. The average molecular weight is 331 g/mol. The number of para-hydroxylation sites is 2. The molecule has 0 amide bonds. The van der Waals surface area contributed by atoms with Gasteiger partial charge in [0.25, 0.3) is 0 Å². The van der Waals surface area contributed by atoms with Crippen molar-refractivity contribution < 1.29 is 18.5 Å².